The number of ether oxygens (including phenoxy) is 2. The summed E-state index contributed by atoms with van der Waals surface area (Å²) in [7, 11) is -2.09. The number of anilines is 1. The third-order valence-corrected chi connectivity index (χ3v) is 10.4. The van der Waals surface area contributed by atoms with Crippen molar-refractivity contribution in [1.29, 1.82) is 0 Å². The highest BCUT2D eigenvalue weighted by molar-refractivity contribution is 7.89. The standard InChI is InChI=1S/C30H41ClN4O5S/c1-39-28-10-9-26(41(37,38)32-13-4-14-33-19-21-40-22-20-33)23-27(28)34-15-17-35(18-16-34)29(36)30(11-2-3-12-30)24-5-7-25(31)8-6-24/h5-10,23,32H,2-4,11-22H2,1H3. The second-order valence-corrected chi connectivity index (χ2v) is 13.3. The largest absolute Gasteiger partial charge is 0.495 e. The number of morpholine rings is 1. The summed E-state index contributed by atoms with van der Waals surface area (Å²) in [5.41, 5.74) is 1.28. The zero-order chi connectivity index (χ0) is 28.9. The van der Waals surface area contributed by atoms with Crippen LogP contribution in [0.3, 0.4) is 0 Å². The summed E-state index contributed by atoms with van der Waals surface area (Å²) in [5.74, 6) is 0.797. The highest BCUT2D eigenvalue weighted by Gasteiger charge is 2.45. The number of carbonyl (C=O) groups is 1. The molecule has 1 aliphatic carbocycles. The topological polar surface area (TPSA) is 91.4 Å². The summed E-state index contributed by atoms with van der Waals surface area (Å²) in [6.45, 7) is 6.75. The Morgan fingerprint density at radius 2 is 1.68 bits per heavy atom. The van der Waals surface area contributed by atoms with E-state index in [1.54, 1.807) is 25.3 Å². The second-order valence-electron chi connectivity index (χ2n) is 11.1. The van der Waals surface area contributed by atoms with Crippen molar-refractivity contribution in [2.24, 2.45) is 0 Å². The van der Waals surface area contributed by atoms with Gasteiger partial charge in [-0.2, -0.15) is 0 Å². The maximum absolute atomic E-state index is 13.9. The number of hydrogen-bond donors (Lipinski definition) is 1. The predicted molar refractivity (Wildman–Crippen MR) is 160 cm³/mol. The van der Waals surface area contributed by atoms with Gasteiger partial charge in [-0.3, -0.25) is 9.69 Å². The van der Waals surface area contributed by atoms with E-state index in [9.17, 15) is 13.2 Å². The van der Waals surface area contributed by atoms with Crippen molar-refractivity contribution in [3.8, 4) is 5.75 Å². The van der Waals surface area contributed by atoms with Gasteiger partial charge in [-0.15, -0.1) is 0 Å². The minimum atomic E-state index is -3.68. The molecule has 11 heteroatoms. The highest BCUT2D eigenvalue weighted by Crippen LogP contribution is 2.43. The number of carbonyl (C=O) groups excluding carboxylic acids is 1. The molecule has 2 aromatic carbocycles. The lowest BCUT2D eigenvalue weighted by Crippen LogP contribution is -2.54. The molecule has 0 aromatic heterocycles. The van der Waals surface area contributed by atoms with Crippen LogP contribution in [0.15, 0.2) is 47.4 Å². The van der Waals surface area contributed by atoms with Crippen molar-refractivity contribution in [2.75, 3.05) is 77.6 Å². The molecule has 0 bridgehead atoms. The van der Waals surface area contributed by atoms with Crippen molar-refractivity contribution in [3.05, 3.63) is 53.1 Å². The number of nitrogens with zero attached hydrogens (tertiary/aromatic N) is 3. The Labute approximate surface area is 248 Å². The van der Waals surface area contributed by atoms with Crippen LogP contribution in [0.5, 0.6) is 5.75 Å². The van der Waals surface area contributed by atoms with Gasteiger partial charge in [-0.25, -0.2) is 13.1 Å². The van der Waals surface area contributed by atoms with Gasteiger partial charge in [0.15, 0.2) is 0 Å². The number of nitrogens with one attached hydrogen (secondary N) is 1. The lowest BCUT2D eigenvalue weighted by molar-refractivity contribution is -0.137. The predicted octanol–water partition coefficient (Wildman–Crippen LogP) is 3.51. The van der Waals surface area contributed by atoms with E-state index in [0.717, 1.165) is 76.2 Å². The van der Waals surface area contributed by atoms with Gasteiger partial charge < -0.3 is 19.3 Å². The van der Waals surface area contributed by atoms with Crippen LogP contribution in [0.1, 0.15) is 37.7 Å². The van der Waals surface area contributed by atoms with Gasteiger partial charge in [0, 0.05) is 50.8 Å². The molecule has 2 heterocycles. The molecule has 9 nitrogen and oxygen atoms in total. The molecule has 1 saturated carbocycles. The molecular weight excluding hydrogens is 564 g/mol. The summed E-state index contributed by atoms with van der Waals surface area (Å²) in [6.07, 6.45) is 4.50. The van der Waals surface area contributed by atoms with E-state index in [1.165, 1.54) is 0 Å². The fourth-order valence-corrected chi connectivity index (χ4v) is 7.55. The van der Waals surface area contributed by atoms with Crippen LogP contribution in [0.25, 0.3) is 0 Å². The van der Waals surface area contributed by atoms with Crippen LogP contribution in [-0.2, 0) is 25.0 Å². The molecule has 0 unspecified atom stereocenters. The Hall–Kier alpha value is -2.37. The summed E-state index contributed by atoms with van der Waals surface area (Å²) >= 11 is 6.13. The molecule has 1 amide bonds. The van der Waals surface area contributed by atoms with Gasteiger partial charge in [-0.1, -0.05) is 36.6 Å². The lowest BCUT2D eigenvalue weighted by atomic mass is 9.77. The molecule has 0 spiro atoms. The number of halogens is 1. The van der Waals surface area contributed by atoms with E-state index in [2.05, 4.69) is 14.5 Å². The molecule has 41 heavy (non-hydrogen) atoms. The molecular formula is C30H41ClN4O5S. The van der Waals surface area contributed by atoms with Gasteiger partial charge in [0.2, 0.25) is 15.9 Å². The van der Waals surface area contributed by atoms with E-state index in [4.69, 9.17) is 21.1 Å². The second kappa shape index (κ2) is 13.3. The number of benzene rings is 2. The molecule has 3 fully saturated rings. The van der Waals surface area contributed by atoms with Gasteiger partial charge in [0.1, 0.15) is 5.75 Å². The van der Waals surface area contributed by atoms with Crippen molar-refractivity contribution in [1.82, 2.24) is 14.5 Å². The van der Waals surface area contributed by atoms with E-state index in [1.807, 2.05) is 29.2 Å². The maximum atomic E-state index is 13.9. The fraction of sp³-hybridized carbons (Fsp3) is 0.567. The summed E-state index contributed by atoms with van der Waals surface area (Å²) in [4.78, 5) is 20.5. The minimum absolute atomic E-state index is 0.182. The monoisotopic (exact) mass is 604 g/mol. The van der Waals surface area contributed by atoms with E-state index in [0.29, 0.717) is 43.5 Å². The Bertz CT molecular complexity index is 1290. The SMILES string of the molecule is COc1ccc(S(=O)(=O)NCCCN2CCOCC2)cc1N1CCN(C(=O)C2(c3ccc(Cl)cc3)CCCC2)CC1. The third kappa shape index (κ3) is 6.83. The van der Waals surface area contributed by atoms with Crippen LogP contribution < -0.4 is 14.4 Å². The van der Waals surface area contributed by atoms with Crippen LogP contribution in [0, 0.1) is 0 Å². The molecule has 224 valence electrons. The van der Waals surface area contributed by atoms with Crippen LogP contribution in [0.4, 0.5) is 5.69 Å². The molecule has 2 aliphatic heterocycles. The molecule has 0 atom stereocenters. The van der Waals surface area contributed by atoms with E-state index >= 15 is 0 Å². The van der Waals surface area contributed by atoms with E-state index < -0.39 is 15.4 Å². The average molecular weight is 605 g/mol. The first-order chi connectivity index (χ1) is 19.8. The third-order valence-electron chi connectivity index (χ3n) is 8.68. The Morgan fingerprint density at radius 1 is 1.00 bits per heavy atom. The van der Waals surface area contributed by atoms with Crippen molar-refractivity contribution >= 4 is 33.2 Å². The zero-order valence-electron chi connectivity index (χ0n) is 23.8. The molecule has 3 aliphatic rings. The maximum Gasteiger partial charge on any atom is 0.240 e. The van der Waals surface area contributed by atoms with E-state index in [-0.39, 0.29) is 10.8 Å². The van der Waals surface area contributed by atoms with Crippen molar-refractivity contribution in [2.45, 2.75) is 42.4 Å². The first kappa shape index (κ1) is 30.1. The van der Waals surface area contributed by atoms with Crippen LogP contribution >= 0.6 is 11.6 Å². The number of sulfonamides is 1. The Kier molecular flexibility index (Phi) is 9.76. The van der Waals surface area contributed by atoms with Gasteiger partial charge in [-0.05, 0) is 61.7 Å². The van der Waals surface area contributed by atoms with Gasteiger partial charge in [0.05, 0.1) is 36.3 Å². The minimum Gasteiger partial charge on any atom is -0.495 e. The molecule has 1 N–H and O–H groups in total. The van der Waals surface area contributed by atoms with Crippen molar-refractivity contribution in [3.63, 3.8) is 0 Å². The Balaban J connectivity index is 1.23. The van der Waals surface area contributed by atoms with Gasteiger partial charge >= 0.3 is 0 Å². The first-order valence-corrected chi connectivity index (χ1v) is 16.5. The number of rotatable bonds is 10. The Morgan fingerprint density at radius 3 is 2.34 bits per heavy atom. The summed E-state index contributed by atoms with van der Waals surface area (Å²) in [5, 5.41) is 0.671. The quantitative estimate of drug-likeness (QED) is 0.415. The number of hydrogen-bond acceptors (Lipinski definition) is 7. The van der Waals surface area contributed by atoms with Crippen LogP contribution in [0.2, 0.25) is 5.02 Å². The number of piperazine rings is 1. The number of amides is 1. The molecule has 2 aromatic rings. The smallest absolute Gasteiger partial charge is 0.240 e. The number of methoxy groups -OCH3 is 1. The van der Waals surface area contributed by atoms with Crippen molar-refractivity contribution < 1.29 is 22.7 Å². The molecule has 5 rings (SSSR count). The fourth-order valence-electron chi connectivity index (χ4n) is 6.33. The molecule has 2 saturated heterocycles. The van der Waals surface area contributed by atoms with Crippen LogP contribution in [-0.4, -0.2) is 96.8 Å². The summed E-state index contributed by atoms with van der Waals surface area (Å²) < 4.78 is 40.0. The highest BCUT2D eigenvalue weighted by atomic mass is 35.5. The lowest BCUT2D eigenvalue weighted by Gasteiger charge is -2.41. The zero-order valence-corrected chi connectivity index (χ0v) is 25.4. The normalized spacial score (nSPS) is 19.9. The van der Waals surface area contributed by atoms with Gasteiger partial charge in [0.25, 0.3) is 0 Å². The average Bonchev–Trinajstić information content (AvgIpc) is 3.51. The summed E-state index contributed by atoms with van der Waals surface area (Å²) in [6, 6.07) is 12.7. The first-order valence-electron chi connectivity index (χ1n) is 14.6. The molecule has 0 radical (unpaired) electrons.